The molecule has 1 aromatic heterocycles. The number of pyridine rings is 1. The van der Waals surface area contributed by atoms with Gasteiger partial charge >= 0.3 is 0 Å². The van der Waals surface area contributed by atoms with Crippen molar-refractivity contribution in [3.8, 4) is 0 Å². The zero-order valence-corrected chi connectivity index (χ0v) is 14.2. The van der Waals surface area contributed by atoms with Crippen LogP contribution in [0.3, 0.4) is 0 Å². The van der Waals surface area contributed by atoms with E-state index in [1.807, 2.05) is 53.4 Å². The van der Waals surface area contributed by atoms with Gasteiger partial charge in [-0.3, -0.25) is 4.79 Å². The van der Waals surface area contributed by atoms with Crippen molar-refractivity contribution in [2.45, 2.75) is 30.9 Å². The lowest BCUT2D eigenvalue weighted by molar-refractivity contribution is -0.0720. The van der Waals surface area contributed by atoms with Gasteiger partial charge in [0.25, 0.3) is 5.91 Å². The number of anilines is 1. The molecule has 2 atom stereocenters. The molecule has 0 radical (unpaired) electrons. The van der Waals surface area contributed by atoms with Gasteiger partial charge in [-0.2, -0.15) is 0 Å². The maximum atomic E-state index is 12.7. The van der Waals surface area contributed by atoms with Crippen LogP contribution in [0.25, 0.3) is 0 Å². The van der Waals surface area contributed by atoms with Crippen molar-refractivity contribution < 1.29 is 9.53 Å². The molecule has 130 valence electrons. The van der Waals surface area contributed by atoms with Gasteiger partial charge in [0.1, 0.15) is 5.82 Å². The second-order valence-corrected chi connectivity index (χ2v) is 6.92. The predicted molar refractivity (Wildman–Crippen MR) is 96.5 cm³/mol. The summed E-state index contributed by atoms with van der Waals surface area (Å²) < 4.78 is 6.16. The highest BCUT2D eigenvalue weighted by atomic mass is 16.5. The van der Waals surface area contributed by atoms with Crippen molar-refractivity contribution in [2.24, 2.45) is 0 Å². The maximum absolute atomic E-state index is 12.7. The molecule has 1 N–H and O–H groups in total. The molecule has 3 heterocycles. The first kappa shape index (κ1) is 16.1. The van der Waals surface area contributed by atoms with Crippen molar-refractivity contribution in [1.82, 2.24) is 9.88 Å². The number of carbonyl (C=O) groups is 1. The number of carbonyl (C=O) groups excluding carboxylic acids is 1. The second-order valence-electron chi connectivity index (χ2n) is 6.92. The first-order valence-electron chi connectivity index (χ1n) is 8.90. The average molecular weight is 337 g/mol. The molecule has 4 rings (SSSR count). The molecule has 0 bridgehead atoms. The lowest BCUT2D eigenvalue weighted by Gasteiger charge is -2.38. The molecular formula is C20H23N3O2. The van der Waals surface area contributed by atoms with Crippen LogP contribution in [-0.4, -0.2) is 47.1 Å². The zero-order chi connectivity index (χ0) is 17.1. The number of benzene rings is 1. The van der Waals surface area contributed by atoms with E-state index in [-0.39, 0.29) is 11.5 Å². The number of nitrogens with one attached hydrogen (secondary N) is 1. The van der Waals surface area contributed by atoms with E-state index in [1.165, 1.54) is 0 Å². The summed E-state index contributed by atoms with van der Waals surface area (Å²) in [5.74, 6) is 1.00. The Morgan fingerprint density at radius 3 is 2.84 bits per heavy atom. The van der Waals surface area contributed by atoms with Crippen LogP contribution < -0.4 is 5.32 Å². The Morgan fingerprint density at radius 1 is 1.20 bits per heavy atom. The largest absolute Gasteiger partial charge is 0.373 e. The van der Waals surface area contributed by atoms with Gasteiger partial charge in [0.15, 0.2) is 0 Å². The van der Waals surface area contributed by atoms with Crippen molar-refractivity contribution >= 4 is 11.7 Å². The minimum Gasteiger partial charge on any atom is -0.373 e. The Morgan fingerprint density at radius 2 is 2.04 bits per heavy atom. The minimum absolute atomic E-state index is 0.0980. The fraction of sp³-hybridized carbons (Fsp3) is 0.400. The van der Waals surface area contributed by atoms with E-state index in [1.54, 1.807) is 6.20 Å². The van der Waals surface area contributed by atoms with E-state index in [2.05, 4.69) is 10.3 Å². The topological polar surface area (TPSA) is 54.5 Å². The number of hydrogen-bond acceptors (Lipinski definition) is 4. The number of hydrogen-bond donors (Lipinski definition) is 1. The van der Waals surface area contributed by atoms with E-state index in [4.69, 9.17) is 4.74 Å². The smallest absolute Gasteiger partial charge is 0.253 e. The Bertz CT molecular complexity index is 722. The third-order valence-electron chi connectivity index (χ3n) is 5.13. The summed E-state index contributed by atoms with van der Waals surface area (Å²) in [4.78, 5) is 19.0. The number of amides is 1. The molecule has 1 spiro atoms. The third kappa shape index (κ3) is 3.51. The Kier molecular flexibility index (Phi) is 4.40. The van der Waals surface area contributed by atoms with Gasteiger partial charge in [-0.25, -0.2) is 4.98 Å². The maximum Gasteiger partial charge on any atom is 0.253 e. The number of rotatable bonds is 3. The highest BCUT2D eigenvalue weighted by Crippen LogP contribution is 2.35. The summed E-state index contributed by atoms with van der Waals surface area (Å²) in [5.41, 5.74) is 0.522. The number of aromatic nitrogens is 1. The van der Waals surface area contributed by atoms with Crippen LogP contribution in [0.4, 0.5) is 5.82 Å². The molecule has 1 aromatic carbocycles. The standard InChI is InChI=1S/C20H23N3O2/c24-19(16-6-2-1-3-7-16)23-12-10-20(15-23)14-17(9-13-25-20)22-18-8-4-5-11-21-18/h1-8,11,17H,9-10,12-15H2,(H,21,22)/t17-,20-/m0/s1. The Balaban J connectivity index is 1.41. The normalized spacial score (nSPS) is 25.9. The molecule has 0 unspecified atom stereocenters. The summed E-state index contributed by atoms with van der Waals surface area (Å²) >= 11 is 0. The van der Waals surface area contributed by atoms with Gasteiger partial charge in [0.2, 0.25) is 0 Å². The Hall–Kier alpha value is -2.40. The van der Waals surface area contributed by atoms with Crippen molar-refractivity contribution in [1.29, 1.82) is 0 Å². The zero-order valence-electron chi connectivity index (χ0n) is 14.2. The van der Waals surface area contributed by atoms with Crippen molar-refractivity contribution in [3.63, 3.8) is 0 Å². The summed E-state index contributed by atoms with van der Waals surface area (Å²) in [6, 6.07) is 15.7. The van der Waals surface area contributed by atoms with Gasteiger partial charge in [-0.1, -0.05) is 24.3 Å². The van der Waals surface area contributed by atoms with Crippen LogP contribution in [-0.2, 0) is 4.74 Å². The number of likely N-dealkylation sites (tertiary alicyclic amines) is 1. The van der Waals surface area contributed by atoms with Crippen molar-refractivity contribution in [3.05, 3.63) is 60.3 Å². The number of nitrogens with zero attached hydrogens (tertiary/aromatic N) is 2. The molecule has 5 heteroatoms. The monoisotopic (exact) mass is 337 g/mol. The van der Waals surface area contributed by atoms with Crippen LogP contribution in [0, 0.1) is 0 Å². The van der Waals surface area contributed by atoms with Crippen molar-refractivity contribution in [2.75, 3.05) is 25.0 Å². The summed E-state index contributed by atoms with van der Waals surface area (Å²) in [6.45, 7) is 2.14. The molecule has 2 saturated heterocycles. The van der Waals surface area contributed by atoms with Crippen LogP contribution in [0.15, 0.2) is 54.7 Å². The molecule has 2 fully saturated rings. The fourth-order valence-corrected chi connectivity index (χ4v) is 3.87. The second kappa shape index (κ2) is 6.84. The van der Waals surface area contributed by atoms with E-state index in [9.17, 15) is 4.79 Å². The molecule has 0 aliphatic carbocycles. The third-order valence-corrected chi connectivity index (χ3v) is 5.13. The highest BCUT2D eigenvalue weighted by molar-refractivity contribution is 5.94. The minimum atomic E-state index is -0.227. The van der Waals surface area contributed by atoms with Crippen LogP contribution in [0.1, 0.15) is 29.6 Å². The van der Waals surface area contributed by atoms with Gasteiger partial charge in [-0.05, 0) is 43.5 Å². The first-order chi connectivity index (χ1) is 12.2. The van der Waals surface area contributed by atoms with Crippen LogP contribution >= 0.6 is 0 Å². The molecule has 2 aliphatic heterocycles. The van der Waals surface area contributed by atoms with E-state index in [0.717, 1.165) is 43.8 Å². The quantitative estimate of drug-likeness (QED) is 0.935. The van der Waals surface area contributed by atoms with Crippen LogP contribution in [0.5, 0.6) is 0 Å². The summed E-state index contributed by atoms with van der Waals surface area (Å²) in [6.07, 6.45) is 4.56. The van der Waals surface area contributed by atoms with E-state index in [0.29, 0.717) is 12.6 Å². The highest BCUT2D eigenvalue weighted by Gasteiger charge is 2.44. The van der Waals surface area contributed by atoms with Gasteiger partial charge in [-0.15, -0.1) is 0 Å². The van der Waals surface area contributed by atoms with Gasteiger partial charge in [0, 0.05) is 31.0 Å². The molecule has 1 amide bonds. The predicted octanol–water partition coefficient (Wildman–Crippen LogP) is 2.96. The summed E-state index contributed by atoms with van der Waals surface area (Å²) in [5, 5.41) is 3.51. The molecule has 0 saturated carbocycles. The Labute approximate surface area is 148 Å². The molecule has 2 aliphatic rings. The first-order valence-corrected chi connectivity index (χ1v) is 8.90. The molecule has 2 aromatic rings. The fourth-order valence-electron chi connectivity index (χ4n) is 3.87. The number of ether oxygens (including phenoxy) is 1. The average Bonchev–Trinajstić information content (AvgIpc) is 3.06. The molecule has 25 heavy (non-hydrogen) atoms. The van der Waals surface area contributed by atoms with E-state index >= 15 is 0 Å². The SMILES string of the molecule is O=C(c1ccccc1)N1CC[C@]2(C[C@@H](Nc3ccccn3)CCO2)C1. The van der Waals surface area contributed by atoms with Gasteiger partial charge < -0.3 is 15.0 Å². The lowest BCUT2D eigenvalue weighted by Crippen LogP contribution is -2.47. The lowest BCUT2D eigenvalue weighted by atomic mass is 9.89. The summed E-state index contributed by atoms with van der Waals surface area (Å²) in [7, 11) is 0. The van der Waals surface area contributed by atoms with E-state index < -0.39 is 0 Å². The molecule has 5 nitrogen and oxygen atoms in total. The van der Waals surface area contributed by atoms with Gasteiger partial charge in [0.05, 0.1) is 12.1 Å². The van der Waals surface area contributed by atoms with Crippen LogP contribution in [0.2, 0.25) is 0 Å². The molecular weight excluding hydrogens is 314 g/mol.